The summed E-state index contributed by atoms with van der Waals surface area (Å²) in [5.41, 5.74) is 5.84. The third-order valence-electron chi connectivity index (χ3n) is 3.20. The summed E-state index contributed by atoms with van der Waals surface area (Å²) >= 11 is 0. The number of hydrogen-bond donors (Lipinski definition) is 2. The summed E-state index contributed by atoms with van der Waals surface area (Å²) in [6.45, 7) is 12.3. The van der Waals surface area contributed by atoms with Crippen LogP contribution in [0.4, 0.5) is 0 Å². The van der Waals surface area contributed by atoms with Crippen molar-refractivity contribution in [2.45, 2.75) is 47.0 Å². The van der Waals surface area contributed by atoms with E-state index in [1.807, 2.05) is 0 Å². The Bertz CT molecular complexity index is 130. The summed E-state index contributed by atoms with van der Waals surface area (Å²) in [6.07, 6.45) is 3.67. The first-order chi connectivity index (χ1) is 6.50. The molecule has 0 aliphatic heterocycles. The Morgan fingerprint density at radius 3 is 2.29 bits per heavy atom. The molecule has 0 heterocycles. The van der Waals surface area contributed by atoms with Crippen molar-refractivity contribution in [3.63, 3.8) is 0 Å². The predicted octanol–water partition coefficient (Wildman–Crippen LogP) is 2.39. The lowest BCUT2D eigenvalue weighted by Gasteiger charge is -2.29. The van der Waals surface area contributed by atoms with Gasteiger partial charge in [0, 0.05) is 6.54 Å². The molecule has 14 heavy (non-hydrogen) atoms. The van der Waals surface area contributed by atoms with E-state index in [1.165, 1.54) is 12.8 Å². The van der Waals surface area contributed by atoms with E-state index >= 15 is 0 Å². The Balaban J connectivity index is 3.35. The van der Waals surface area contributed by atoms with E-state index in [4.69, 9.17) is 5.73 Å². The minimum Gasteiger partial charge on any atom is -0.330 e. The largest absolute Gasteiger partial charge is 0.330 e. The number of nitrogens with two attached hydrogens (primary N) is 1. The molecule has 0 fully saturated rings. The molecule has 3 N–H and O–H groups in total. The van der Waals surface area contributed by atoms with Gasteiger partial charge in [0.15, 0.2) is 0 Å². The Labute approximate surface area is 89.6 Å². The fourth-order valence-electron chi connectivity index (χ4n) is 1.19. The molecule has 2 nitrogen and oxygen atoms in total. The zero-order chi connectivity index (χ0) is 11.0. The molecule has 0 amide bonds. The molecule has 0 atom stereocenters. The van der Waals surface area contributed by atoms with Gasteiger partial charge in [0.25, 0.3) is 0 Å². The fourth-order valence-corrected chi connectivity index (χ4v) is 1.19. The smallest absolute Gasteiger partial charge is 0.000496 e. The van der Waals surface area contributed by atoms with Crippen molar-refractivity contribution in [1.29, 1.82) is 0 Å². The van der Waals surface area contributed by atoms with Gasteiger partial charge in [-0.05, 0) is 37.3 Å². The van der Waals surface area contributed by atoms with Crippen LogP contribution in [0, 0.1) is 11.3 Å². The SMILES string of the molecule is CC(C)C(C)(C)CNCCCCCN. The average Bonchev–Trinajstić information content (AvgIpc) is 2.10. The van der Waals surface area contributed by atoms with Gasteiger partial charge in [-0.25, -0.2) is 0 Å². The zero-order valence-electron chi connectivity index (χ0n) is 10.4. The van der Waals surface area contributed by atoms with Crippen LogP contribution in [0.1, 0.15) is 47.0 Å². The maximum absolute atomic E-state index is 5.43. The molecule has 0 aromatic heterocycles. The standard InChI is InChI=1S/C12H28N2/c1-11(2)12(3,4)10-14-9-7-5-6-8-13/h11,14H,5-10,13H2,1-4H3. The van der Waals surface area contributed by atoms with Crippen molar-refractivity contribution in [2.75, 3.05) is 19.6 Å². The van der Waals surface area contributed by atoms with Gasteiger partial charge in [-0.3, -0.25) is 0 Å². The van der Waals surface area contributed by atoms with Crippen LogP contribution in [0.5, 0.6) is 0 Å². The van der Waals surface area contributed by atoms with Crippen LogP contribution in [0.2, 0.25) is 0 Å². The summed E-state index contributed by atoms with van der Waals surface area (Å²) in [5, 5.41) is 3.53. The van der Waals surface area contributed by atoms with Crippen molar-refractivity contribution < 1.29 is 0 Å². The van der Waals surface area contributed by atoms with E-state index in [2.05, 4.69) is 33.0 Å². The van der Waals surface area contributed by atoms with E-state index in [0.29, 0.717) is 5.41 Å². The van der Waals surface area contributed by atoms with Crippen molar-refractivity contribution in [1.82, 2.24) is 5.32 Å². The van der Waals surface area contributed by atoms with Gasteiger partial charge in [-0.15, -0.1) is 0 Å². The minimum atomic E-state index is 0.411. The van der Waals surface area contributed by atoms with E-state index in [0.717, 1.165) is 32.0 Å². The molecule has 0 saturated carbocycles. The maximum atomic E-state index is 5.43. The van der Waals surface area contributed by atoms with Crippen LogP contribution in [0.25, 0.3) is 0 Å². The minimum absolute atomic E-state index is 0.411. The van der Waals surface area contributed by atoms with E-state index < -0.39 is 0 Å². The van der Waals surface area contributed by atoms with Crippen molar-refractivity contribution >= 4 is 0 Å². The van der Waals surface area contributed by atoms with E-state index in [1.54, 1.807) is 0 Å². The molecule has 0 radical (unpaired) electrons. The summed E-state index contributed by atoms with van der Waals surface area (Å²) in [5.74, 6) is 0.735. The predicted molar refractivity (Wildman–Crippen MR) is 64.4 cm³/mol. The molecule has 0 rings (SSSR count). The second-order valence-corrected chi connectivity index (χ2v) is 5.17. The van der Waals surface area contributed by atoms with Crippen molar-refractivity contribution in [3.05, 3.63) is 0 Å². The van der Waals surface area contributed by atoms with Gasteiger partial charge in [-0.2, -0.15) is 0 Å². The Morgan fingerprint density at radius 1 is 1.14 bits per heavy atom. The summed E-state index contributed by atoms with van der Waals surface area (Å²) in [4.78, 5) is 0. The van der Waals surface area contributed by atoms with E-state index in [-0.39, 0.29) is 0 Å². The van der Waals surface area contributed by atoms with Gasteiger partial charge in [0.1, 0.15) is 0 Å². The lowest BCUT2D eigenvalue weighted by Crippen LogP contribution is -2.33. The quantitative estimate of drug-likeness (QED) is 0.590. The zero-order valence-corrected chi connectivity index (χ0v) is 10.4. The average molecular weight is 200 g/mol. The van der Waals surface area contributed by atoms with Gasteiger partial charge >= 0.3 is 0 Å². The maximum Gasteiger partial charge on any atom is 0.000496 e. The van der Waals surface area contributed by atoms with Crippen LogP contribution >= 0.6 is 0 Å². The molecule has 86 valence electrons. The molecule has 0 aliphatic carbocycles. The first-order valence-electron chi connectivity index (χ1n) is 5.91. The second kappa shape index (κ2) is 7.24. The molecule has 0 aliphatic rings. The molecule has 0 unspecified atom stereocenters. The van der Waals surface area contributed by atoms with Crippen LogP contribution in [0.3, 0.4) is 0 Å². The molecule has 0 saturated heterocycles. The third-order valence-corrected chi connectivity index (χ3v) is 3.20. The normalized spacial score (nSPS) is 12.4. The Morgan fingerprint density at radius 2 is 1.79 bits per heavy atom. The highest BCUT2D eigenvalue weighted by Gasteiger charge is 2.21. The van der Waals surface area contributed by atoms with Crippen LogP contribution in [0.15, 0.2) is 0 Å². The molecule has 0 bridgehead atoms. The van der Waals surface area contributed by atoms with Gasteiger partial charge in [-0.1, -0.05) is 34.1 Å². The fraction of sp³-hybridized carbons (Fsp3) is 1.00. The highest BCUT2D eigenvalue weighted by molar-refractivity contribution is 4.74. The Hall–Kier alpha value is -0.0800. The number of rotatable bonds is 8. The van der Waals surface area contributed by atoms with E-state index in [9.17, 15) is 0 Å². The molecule has 0 aromatic carbocycles. The lowest BCUT2D eigenvalue weighted by atomic mass is 9.81. The molecule has 0 aromatic rings. The molecular weight excluding hydrogens is 172 g/mol. The highest BCUT2D eigenvalue weighted by Crippen LogP contribution is 2.24. The van der Waals surface area contributed by atoms with Crippen molar-refractivity contribution in [2.24, 2.45) is 17.1 Å². The Kier molecular flexibility index (Phi) is 7.20. The first-order valence-corrected chi connectivity index (χ1v) is 5.91. The van der Waals surface area contributed by atoms with Crippen LogP contribution in [-0.4, -0.2) is 19.6 Å². The second-order valence-electron chi connectivity index (χ2n) is 5.17. The number of unbranched alkanes of at least 4 members (excludes halogenated alkanes) is 2. The summed E-state index contributed by atoms with van der Waals surface area (Å²) in [6, 6.07) is 0. The topological polar surface area (TPSA) is 38.0 Å². The lowest BCUT2D eigenvalue weighted by molar-refractivity contribution is 0.238. The number of nitrogens with one attached hydrogen (secondary N) is 1. The summed E-state index contributed by atoms with van der Waals surface area (Å²) in [7, 11) is 0. The first kappa shape index (κ1) is 13.9. The molecular formula is C12H28N2. The van der Waals surface area contributed by atoms with Crippen LogP contribution < -0.4 is 11.1 Å². The highest BCUT2D eigenvalue weighted by atomic mass is 14.9. The van der Waals surface area contributed by atoms with Gasteiger partial charge in [0.05, 0.1) is 0 Å². The van der Waals surface area contributed by atoms with Gasteiger partial charge < -0.3 is 11.1 Å². The van der Waals surface area contributed by atoms with Crippen LogP contribution in [-0.2, 0) is 0 Å². The summed E-state index contributed by atoms with van der Waals surface area (Å²) < 4.78 is 0. The molecule has 0 spiro atoms. The number of hydrogen-bond acceptors (Lipinski definition) is 2. The third kappa shape index (κ3) is 6.39. The molecule has 2 heteroatoms. The monoisotopic (exact) mass is 200 g/mol. The van der Waals surface area contributed by atoms with Crippen molar-refractivity contribution in [3.8, 4) is 0 Å². The van der Waals surface area contributed by atoms with Gasteiger partial charge in [0.2, 0.25) is 0 Å².